The maximum absolute atomic E-state index is 10.6. The van der Waals surface area contributed by atoms with Crippen LogP contribution >= 0.6 is 0 Å². The summed E-state index contributed by atoms with van der Waals surface area (Å²) in [5.74, 6) is 0. The number of para-hydroxylation sites is 1. The summed E-state index contributed by atoms with van der Waals surface area (Å²) >= 11 is 0. The Morgan fingerprint density at radius 2 is 1.04 bits per heavy atom. The highest BCUT2D eigenvalue weighted by atomic mass is 15.0. The summed E-state index contributed by atoms with van der Waals surface area (Å²) in [7, 11) is 0. The van der Waals surface area contributed by atoms with Crippen molar-refractivity contribution < 1.29 is 0 Å². The first-order valence-corrected chi connectivity index (χ1v) is 16.7. The normalized spacial score (nSPS) is 11.1. The molecule has 0 N–H and O–H groups in total. The Bertz CT molecular complexity index is 2930. The first-order valence-electron chi connectivity index (χ1n) is 16.7. The van der Waals surface area contributed by atoms with E-state index in [9.17, 15) is 10.5 Å². The first kappa shape index (κ1) is 29.7. The van der Waals surface area contributed by atoms with Crippen LogP contribution in [0.3, 0.4) is 0 Å². The SMILES string of the molecule is [C-]#[N+]c1cc(C#N)c(-c2ccc(-n3c4ccccc4c4cc(C#N)ccc43)cc2)c(-c2c3ccccc3c(-c3ccccc3)c3ccccc23)c1. The fraction of sp³-hybridized carbons (Fsp3) is 0. The lowest BCUT2D eigenvalue weighted by Gasteiger charge is -2.21. The highest BCUT2D eigenvalue weighted by Crippen LogP contribution is 2.48. The third-order valence-corrected chi connectivity index (χ3v) is 9.85. The van der Waals surface area contributed by atoms with Crippen molar-refractivity contribution >= 4 is 49.0 Å². The van der Waals surface area contributed by atoms with E-state index in [2.05, 4.69) is 131 Å². The fourth-order valence-corrected chi connectivity index (χ4v) is 7.72. The van der Waals surface area contributed by atoms with Gasteiger partial charge in [0, 0.05) is 22.0 Å². The van der Waals surface area contributed by atoms with Crippen LogP contribution in [0.15, 0.2) is 158 Å². The Balaban J connectivity index is 1.31. The topological polar surface area (TPSA) is 56.9 Å². The fourth-order valence-electron chi connectivity index (χ4n) is 7.72. The quantitative estimate of drug-likeness (QED) is 0.141. The first-order chi connectivity index (χ1) is 25.2. The number of hydrogen-bond donors (Lipinski definition) is 0. The van der Waals surface area contributed by atoms with E-state index in [1.54, 1.807) is 6.07 Å². The zero-order valence-corrected chi connectivity index (χ0v) is 27.3. The van der Waals surface area contributed by atoms with Crippen molar-refractivity contribution in [2.75, 3.05) is 0 Å². The van der Waals surface area contributed by atoms with Gasteiger partial charge < -0.3 is 4.57 Å². The van der Waals surface area contributed by atoms with Crippen LogP contribution in [0.2, 0.25) is 0 Å². The molecule has 9 aromatic rings. The lowest BCUT2D eigenvalue weighted by atomic mass is 9.82. The molecule has 0 unspecified atom stereocenters. The molecule has 234 valence electrons. The highest BCUT2D eigenvalue weighted by molar-refractivity contribution is 6.22. The number of hydrogen-bond acceptors (Lipinski definition) is 2. The van der Waals surface area contributed by atoms with Gasteiger partial charge in [0.1, 0.15) is 0 Å². The monoisotopic (exact) mass is 646 g/mol. The summed E-state index contributed by atoms with van der Waals surface area (Å²) in [5.41, 5.74) is 10.3. The summed E-state index contributed by atoms with van der Waals surface area (Å²) in [5, 5.41) is 26.6. The number of aromatic nitrogens is 1. The predicted octanol–water partition coefficient (Wildman–Crippen LogP) is 12.4. The number of rotatable bonds is 4. The van der Waals surface area contributed by atoms with Gasteiger partial charge in [0.15, 0.2) is 5.69 Å². The van der Waals surface area contributed by atoms with Crippen LogP contribution < -0.4 is 0 Å². The van der Waals surface area contributed by atoms with Crippen molar-refractivity contribution in [2.45, 2.75) is 0 Å². The molecule has 1 heterocycles. The molecule has 0 saturated heterocycles. The Hall–Kier alpha value is -7.45. The predicted molar refractivity (Wildman–Crippen MR) is 208 cm³/mol. The van der Waals surface area contributed by atoms with Crippen molar-refractivity contribution in [1.82, 2.24) is 4.57 Å². The van der Waals surface area contributed by atoms with E-state index in [1.165, 1.54) is 0 Å². The zero-order chi connectivity index (χ0) is 34.5. The van der Waals surface area contributed by atoms with Gasteiger partial charge in [-0.25, -0.2) is 4.85 Å². The van der Waals surface area contributed by atoms with Crippen LogP contribution in [-0.4, -0.2) is 4.57 Å². The van der Waals surface area contributed by atoms with E-state index < -0.39 is 0 Å². The van der Waals surface area contributed by atoms with Gasteiger partial charge in [-0.3, -0.25) is 0 Å². The lowest BCUT2D eigenvalue weighted by molar-refractivity contribution is 1.18. The summed E-state index contributed by atoms with van der Waals surface area (Å²) in [6, 6.07) is 58.0. The molecule has 0 aliphatic carbocycles. The van der Waals surface area contributed by atoms with Crippen LogP contribution in [-0.2, 0) is 0 Å². The largest absolute Gasteiger partial charge is 0.309 e. The molecule has 0 saturated carbocycles. The lowest BCUT2D eigenvalue weighted by Crippen LogP contribution is -1.96. The minimum Gasteiger partial charge on any atom is -0.309 e. The number of fused-ring (bicyclic) bond motifs is 5. The molecule has 0 atom stereocenters. The molecule has 0 amide bonds. The van der Waals surface area contributed by atoms with Crippen LogP contribution in [0.4, 0.5) is 5.69 Å². The molecule has 0 aliphatic heterocycles. The summed E-state index contributed by atoms with van der Waals surface area (Å²) in [4.78, 5) is 3.82. The van der Waals surface area contributed by atoms with Gasteiger partial charge in [-0.15, -0.1) is 0 Å². The molecule has 4 nitrogen and oxygen atoms in total. The molecule has 0 spiro atoms. The minimum atomic E-state index is 0.421. The van der Waals surface area contributed by atoms with Crippen molar-refractivity contribution in [3.63, 3.8) is 0 Å². The number of nitriles is 2. The Morgan fingerprint density at radius 1 is 0.471 bits per heavy atom. The van der Waals surface area contributed by atoms with Gasteiger partial charge in [0.05, 0.1) is 40.9 Å². The van der Waals surface area contributed by atoms with Crippen LogP contribution in [0, 0.1) is 29.2 Å². The maximum Gasteiger partial charge on any atom is 0.189 e. The highest BCUT2D eigenvalue weighted by Gasteiger charge is 2.22. The molecule has 0 bridgehead atoms. The van der Waals surface area contributed by atoms with Crippen LogP contribution in [0.1, 0.15) is 11.1 Å². The second-order valence-corrected chi connectivity index (χ2v) is 12.6. The van der Waals surface area contributed by atoms with Gasteiger partial charge >= 0.3 is 0 Å². The smallest absolute Gasteiger partial charge is 0.189 e. The van der Waals surface area contributed by atoms with Gasteiger partial charge in [0.2, 0.25) is 0 Å². The summed E-state index contributed by atoms with van der Waals surface area (Å²) < 4.78 is 2.22. The van der Waals surface area contributed by atoms with E-state index in [0.29, 0.717) is 16.8 Å². The van der Waals surface area contributed by atoms with E-state index in [1.807, 2.05) is 42.5 Å². The molecule has 9 rings (SSSR count). The van der Waals surface area contributed by atoms with E-state index in [-0.39, 0.29) is 0 Å². The Labute approximate surface area is 294 Å². The van der Waals surface area contributed by atoms with Gasteiger partial charge in [0.25, 0.3) is 0 Å². The van der Waals surface area contributed by atoms with Crippen molar-refractivity contribution in [3.05, 3.63) is 180 Å². The van der Waals surface area contributed by atoms with Gasteiger partial charge in [-0.1, -0.05) is 109 Å². The van der Waals surface area contributed by atoms with E-state index in [0.717, 1.165) is 82.4 Å². The molecular formula is C47H26N4. The minimum absolute atomic E-state index is 0.421. The van der Waals surface area contributed by atoms with Crippen LogP contribution in [0.5, 0.6) is 0 Å². The Kier molecular flexibility index (Phi) is 6.93. The maximum atomic E-state index is 10.6. The van der Waals surface area contributed by atoms with Crippen molar-refractivity contribution in [3.8, 4) is 51.2 Å². The second-order valence-electron chi connectivity index (χ2n) is 12.6. The third kappa shape index (κ3) is 4.66. The average Bonchev–Trinajstić information content (AvgIpc) is 3.53. The van der Waals surface area contributed by atoms with Gasteiger partial charge in [-0.05, 0) is 97.9 Å². The number of nitrogens with zero attached hydrogens (tertiary/aromatic N) is 4. The molecular weight excluding hydrogens is 621 g/mol. The Morgan fingerprint density at radius 3 is 1.67 bits per heavy atom. The molecule has 1 aromatic heterocycles. The molecule has 0 aliphatic rings. The second kappa shape index (κ2) is 11.9. The van der Waals surface area contributed by atoms with Gasteiger partial charge in [-0.2, -0.15) is 10.5 Å². The average molecular weight is 647 g/mol. The van der Waals surface area contributed by atoms with Crippen LogP contribution in [0.25, 0.3) is 87.3 Å². The van der Waals surface area contributed by atoms with Crippen molar-refractivity contribution in [2.24, 2.45) is 0 Å². The number of benzene rings is 8. The van der Waals surface area contributed by atoms with E-state index >= 15 is 0 Å². The van der Waals surface area contributed by atoms with E-state index in [4.69, 9.17) is 6.57 Å². The molecule has 0 fully saturated rings. The standard InChI is InChI=1S/C47H26N4/c1-50-34-26-33(29-49)45(32-20-22-35(23-21-32)51-43-18-10-9-13-36(43)41-25-30(28-48)19-24-44(41)51)42(27-34)47-39-16-7-5-14-37(39)46(31-11-3-2-4-12-31)38-15-6-8-17-40(38)47/h2-27H. The summed E-state index contributed by atoms with van der Waals surface area (Å²) in [6.45, 7) is 7.98. The zero-order valence-electron chi connectivity index (χ0n) is 27.3. The van der Waals surface area contributed by atoms with Crippen molar-refractivity contribution in [1.29, 1.82) is 10.5 Å². The molecule has 4 heteroatoms. The molecule has 8 aromatic carbocycles. The molecule has 51 heavy (non-hydrogen) atoms. The summed E-state index contributed by atoms with van der Waals surface area (Å²) in [6.07, 6.45) is 0. The third-order valence-electron chi connectivity index (χ3n) is 9.85. The molecule has 0 radical (unpaired) electrons.